The predicted octanol–water partition coefficient (Wildman–Crippen LogP) is 2.93. The summed E-state index contributed by atoms with van der Waals surface area (Å²) in [5.74, 6) is 1.65. The summed E-state index contributed by atoms with van der Waals surface area (Å²) in [4.78, 5) is 25.0. The summed E-state index contributed by atoms with van der Waals surface area (Å²) in [6, 6.07) is 5.13. The molecule has 0 saturated carbocycles. The lowest BCUT2D eigenvalue weighted by Gasteiger charge is -2.31. The van der Waals surface area contributed by atoms with Crippen LogP contribution in [-0.2, 0) is 16.0 Å². The molecule has 34 heavy (non-hydrogen) atoms. The second-order valence-electron chi connectivity index (χ2n) is 9.19. The third-order valence-corrected chi connectivity index (χ3v) is 6.33. The van der Waals surface area contributed by atoms with E-state index >= 15 is 0 Å². The summed E-state index contributed by atoms with van der Waals surface area (Å²) >= 11 is 0. The Kier molecular flexibility index (Phi) is 11.4. The van der Waals surface area contributed by atoms with Crippen molar-refractivity contribution < 1.29 is 34.0 Å². The molecule has 1 aliphatic heterocycles. The standard InChI is InChI=1S/C25H40N2O7/c1-17(2)19(13-18-8-9-22(33-4)23(14-18)34-12-6-11-32-3)15-20(26-25(30)31)21(28)16-27-10-5-7-24(27)29/h8-9,14,17,19-21,26,28H,5-7,10-13,15-16H2,1-4H3,(H,30,31)/t19?,20?,21-/m0/s1. The lowest BCUT2D eigenvalue weighted by molar-refractivity contribution is -0.129. The van der Waals surface area contributed by atoms with E-state index in [1.54, 1.807) is 19.1 Å². The molecule has 1 aromatic carbocycles. The molecule has 3 N–H and O–H groups in total. The number of carboxylic acid groups (broad SMARTS) is 1. The molecule has 1 aromatic rings. The Morgan fingerprint density at radius 1 is 1.21 bits per heavy atom. The van der Waals surface area contributed by atoms with Gasteiger partial charge in [-0.1, -0.05) is 19.9 Å². The number of ether oxygens (including phenoxy) is 3. The normalized spacial score (nSPS) is 16.4. The molecule has 3 atom stereocenters. The molecule has 0 spiro atoms. The second-order valence-corrected chi connectivity index (χ2v) is 9.19. The van der Waals surface area contributed by atoms with Crippen LogP contribution >= 0.6 is 0 Å². The van der Waals surface area contributed by atoms with Crippen LogP contribution in [0.5, 0.6) is 11.5 Å². The Balaban J connectivity index is 2.11. The number of hydrogen-bond acceptors (Lipinski definition) is 6. The lowest BCUT2D eigenvalue weighted by atomic mass is 9.83. The van der Waals surface area contributed by atoms with Crippen LogP contribution < -0.4 is 14.8 Å². The van der Waals surface area contributed by atoms with E-state index in [0.717, 1.165) is 18.4 Å². The maximum absolute atomic E-state index is 12.0. The number of aliphatic hydroxyl groups excluding tert-OH is 1. The first kappa shape index (κ1) is 27.7. The Morgan fingerprint density at radius 3 is 2.56 bits per heavy atom. The van der Waals surface area contributed by atoms with Crippen molar-refractivity contribution in [1.82, 2.24) is 10.2 Å². The van der Waals surface area contributed by atoms with Gasteiger partial charge < -0.3 is 34.6 Å². The maximum Gasteiger partial charge on any atom is 0.404 e. The third kappa shape index (κ3) is 8.68. The van der Waals surface area contributed by atoms with Crippen molar-refractivity contribution in [2.24, 2.45) is 11.8 Å². The highest BCUT2D eigenvalue weighted by atomic mass is 16.5. The Hall–Kier alpha value is -2.52. The number of nitrogens with zero attached hydrogens (tertiary/aromatic N) is 1. The quantitative estimate of drug-likeness (QED) is 0.330. The van der Waals surface area contributed by atoms with E-state index in [4.69, 9.17) is 14.2 Å². The predicted molar refractivity (Wildman–Crippen MR) is 128 cm³/mol. The summed E-state index contributed by atoms with van der Waals surface area (Å²) < 4.78 is 16.4. The molecular formula is C25H40N2O7. The number of nitrogens with one attached hydrogen (secondary N) is 1. The molecule has 0 aliphatic carbocycles. The molecule has 1 saturated heterocycles. The molecule has 1 aliphatic rings. The van der Waals surface area contributed by atoms with Gasteiger partial charge in [0.25, 0.3) is 0 Å². The van der Waals surface area contributed by atoms with Crippen molar-refractivity contribution in [2.45, 2.75) is 58.1 Å². The molecule has 2 amide bonds. The third-order valence-electron chi connectivity index (χ3n) is 6.33. The SMILES string of the molecule is COCCCOc1cc(CC(CC(NC(=O)O)[C@@H](O)CN2CCCC2=O)C(C)C)ccc1OC. The van der Waals surface area contributed by atoms with Crippen molar-refractivity contribution in [3.05, 3.63) is 23.8 Å². The van der Waals surface area contributed by atoms with Gasteiger partial charge in [-0.3, -0.25) is 4.79 Å². The maximum atomic E-state index is 12.0. The van der Waals surface area contributed by atoms with Crippen LogP contribution in [0, 0.1) is 11.8 Å². The zero-order valence-corrected chi connectivity index (χ0v) is 20.8. The molecule has 0 aromatic heterocycles. The van der Waals surface area contributed by atoms with Gasteiger partial charge >= 0.3 is 6.09 Å². The Morgan fingerprint density at radius 2 is 1.97 bits per heavy atom. The number of aliphatic hydroxyl groups is 1. The number of rotatable bonds is 15. The monoisotopic (exact) mass is 480 g/mol. The van der Waals surface area contributed by atoms with Crippen molar-refractivity contribution in [2.75, 3.05) is 40.5 Å². The lowest BCUT2D eigenvalue weighted by Crippen LogP contribution is -2.49. The Bertz CT molecular complexity index is 787. The van der Waals surface area contributed by atoms with Gasteiger partial charge in [0.2, 0.25) is 5.91 Å². The van der Waals surface area contributed by atoms with Crippen molar-refractivity contribution in [1.29, 1.82) is 0 Å². The number of β-amino-alcohol motifs (C(OH)–C–C–N with tert-alkyl or cyclic N) is 1. The minimum Gasteiger partial charge on any atom is -0.493 e. The van der Waals surface area contributed by atoms with Gasteiger partial charge in [0, 0.05) is 39.6 Å². The Labute approximate surface area is 202 Å². The highest BCUT2D eigenvalue weighted by molar-refractivity contribution is 5.78. The van der Waals surface area contributed by atoms with E-state index in [2.05, 4.69) is 19.2 Å². The van der Waals surface area contributed by atoms with Gasteiger partial charge in [-0.15, -0.1) is 0 Å². The average Bonchev–Trinajstić information content (AvgIpc) is 3.19. The topological polar surface area (TPSA) is 118 Å². The molecule has 9 nitrogen and oxygen atoms in total. The summed E-state index contributed by atoms with van der Waals surface area (Å²) in [6.45, 7) is 6.03. The second kappa shape index (κ2) is 14.0. The summed E-state index contributed by atoms with van der Waals surface area (Å²) in [7, 11) is 3.25. The number of methoxy groups -OCH3 is 2. The summed E-state index contributed by atoms with van der Waals surface area (Å²) in [5, 5.41) is 22.7. The average molecular weight is 481 g/mol. The first-order chi connectivity index (χ1) is 16.2. The number of carbonyl (C=O) groups is 2. The molecular weight excluding hydrogens is 440 g/mol. The minimum absolute atomic E-state index is 0.00444. The van der Waals surface area contributed by atoms with Crippen LogP contribution in [-0.4, -0.2) is 79.8 Å². The summed E-state index contributed by atoms with van der Waals surface area (Å²) in [5.41, 5.74) is 1.04. The van der Waals surface area contributed by atoms with Gasteiger partial charge in [0.05, 0.1) is 25.9 Å². The largest absolute Gasteiger partial charge is 0.493 e. The first-order valence-electron chi connectivity index (χ1n) is 12.0. The van der Waals surface area contributed by atoms with E-state index < -0.39 is 18.2 Å². The number of benzene rings is 1. The molecule has 1 heterocycles. The zero-order valence-electron chi connectivity index (χ0n) is 20.8. The van der Waals surface area contributed by atoms with E-state index in [1.807, 2.05) is 18.2 Å². The van der Waals surface area contributed by atoms with Crippen molar-refractivity contribution >= 4 is 12.0 Å². The number of carbonyl (C=O) groups excluding carboxylic acids is 1. The van der Waals surface area contributed by atoms with E-state index in [9.17, 15) is 19.8 Å². The molecule has 192 valence electrons. The van der Waals surface area contributed by atoms with Crippen LogP contribution in [0.2, 0.25) is 0 Å². The number of hydrogen-bond donors (Lipinski definition) is 3. The van der Waals surface area contributed by atoms with Gasteiger partial charge in [-0.05, 0) is 48.8 Å². The fraction of sp³-hybridized carbons (Fsp3) is 0.680. The molecule has 2 rings (SSSR count). The van der Waals surface area contributed by atoms with Gasteiger partial charge in [-0.25, -0.2) is 4.79 Å². The van der Waals surface area contributed by atoms with Gasteiger partial charge in [0.15, 0.2) is 11.5 Å². The highest BCUT2D eigenvalue weighted by Gasteiger charge is 2.30. The van der Waals surface area contributed by atoms with Crippen LogP contribution in [0.1, 0.15) is 45.1 Å². The van der Waals surface area contributed by atoms with Crippen LogP contribution in [0.3, 0.4) is 0 Å². The fourth-order valence-electron chi connectivity index (χ4n) is 4.29. The summed E-state index contributed by atoms with van der Waals surface area (Å²) in [6.07, 6.45) is 0.978. The van der Waals surface area contributed by atoms with Crippen molar-refractivity contribution in [3.8, 4) is 11.5 Å². The van der Waals surface area contributed by atoms with Crippen LogP contribution in [0.25, 0.3) is 0 Å². The molecule has 0 bridgehead atoms. The molecule has 1 fully saturated rings. The zero-order chi connectivity index (χ0) is 25.1. The van der Waals surface area contributed by atoms with Crippen molar-refractivity contribution in [3.63, 3.8) is 0 Å². The molecule has 0 radical (unpaired) electrons. The molecule has 2 unspecified atom stereocenters. The first-order valence-corrected chi connectivity index (χ1v) is 12.0. The highest BCUT2D eigenvalue weighted by Crippen LogP contribution is 2.31. The van der Waals surface area contributed by atoms with E-state index in [0.29, 0.717) is 50.5 Å². The van der Waals surface area contributed by atoms with E-state index in [1.165, 1.54) is 0 Å². The van der Waals surface area contributed by atoms with E-state index in [-0.39, 0.29) is 24.3 Å². The minimum atomic E-state index is -1.18. The fourth-order valence-corrected chi connectivity index (χ4v) is 4.29. The van der Waals surface area contributed by atoms with Gasteiger partial charge in [0.1, 0.15) is 0 Å². The van der Waals surface area contributed by atoms with Gasteiger partial charge in [-0.2, -0.15) is 0 Å². The number of likely N-dealkylation sites (tertiary alicyclic amines) is 1. The number of amides is 2. The molecule has 9 heteroatoms. The van der Waals surface area contributed by atoms with Crippen LogP contribution in [0.4, 0.5) is 4.79 Å². The smallest absolute Gasteiger partial charge is 0.404 e. The van der Waals surface area contributed by atoms with Crippen LogP contribution in [0.15, 0.2) is 18.2 Å².